The van der Waals surface area contributed by atoms with Gasteiger partial charge in [0.05, 0.1) is 33.2 Å². The van der Waals surface area contributed by atoms with Crippen molar-refractivity contribution in [1.29, 1.82) is 0 Å². The third-order valence-corrected chi connectivity index (χ3v) is 6.65. The molecular formula is C24H20ClFN4O3S. The van der Waals surface area contributed by atoms with E-state index in [1.807, 2.05) is 0 Å². The van der Waals surface area contributed by atoms with Crippen molar-refractivity contribution >= 4 is 49.8 Å². The summed E-state index contributed by atoms with van der Waals surface area (Å²) in [6, 6.07) is 13.6. The number of nitrogens with two attached hydrogens (primary N) is 1. The molecule has 4 rings (SSSR count). The number of benzene rings is 2. The van der Waals surface area contributed by atoms with Gasteiger partial charge in [-0.1, -0.05) is 23.7 Å². The molecule has 2 heterocycles. The third kappa shape index (κ3) is 4.85. The molecule has 0 bridgehead atoms. The van der Waals surface area contributed by atoms with Crippen LogP contribution in [0.5, 0.6) is 0 Å². The normalized spacial score (nSPS) is 11.5. The van der Waals surface area contributed by atoms with Gasteiger partial charge in [-0.3, -0.25) is 9.78 Å². The van der Waals surface area contributed by atoms with Crippen molar-refractivity contribution in [3.05, 3.63) is 88.5 Å². The van der Waals surface area contributed by atoms with E-state index < -0.39 is 21.6 Å². The highest BCUT2D eigenvalue weighted by molar-refractivity contribution is 7.90. The monoisotopic (exact) mass is 498 g/mol. The molecule has 2 aromatic carbocycles. The minimum absolute atomic E-state index is 0.0129. The van der Waals surface area contributed by atoms with E-state index in [0.29, 0.717) is 16.1 Å². The Labute approximate surface area is 200 Å². The second-order valence-corrected chi connectivity index (χ2v) is 10.2. The average molecular weight is 499 g/mol. The van der Waals surface area contributed by atoms with Crippen molar-refractivity contribution in [3.8, 4) is 0 Å². The Bertz CT molecular complexity index is 1530. The number of fused-ring (bicyclic) bond motifs is 1. The molecule has 0 fully saturated rings. The minimum Gasteiger partial charge on any atom is -0.382 e. The van der Waals surface area contributed by atoms with Gasteiger partial charge in [0.1, 0.15) is 11.6 Å². The Morgan fingerprint density at radius 1 is 1.12 bits per heavy atom. The SMILES string of the molecule is Cc1ccc(C(=O)N(Cc2ccc3cc(Cl)c(N)nc3c2)c2ccc(F)cc2S(C)(=O)=O)cn1. The number of carbonyl (C=O) groups is 1. The van der Waals surface area contributed by atoms with E-state index in [9.17, 15) is 17.6 Å². The van der Waals surface area contributed by atoms with Crippen LogP contribution in [-0.2, 0) is 16.4 Å². The van der Waals surface area contributed by atoms with Crippen molar-refractivity contribution in [2.75, 3.05) is 16.9 Å². The Morgan fingerprint density at radius 3 is 2.56 bits per heavy atom. The van der Waals surface area contributed by atoms with Crippen LogP contribution in [-0.4, -0.2) is 30.5 Å². The number of anilines is 2. The van der Waals surface area contributed by atoms with E-state index in [0.717, 1.165) is 29.5 Å². The van der Waals surface area contributed by atoms with Crippen LogP contribution in [0.15, 0.2) is 65.7 Å². The fourth-order valence-corrected chi connectivity index (χ4v) is 4.55. The van der Waals surface area contributed by atoms with Crippen molar-refractivity contribution in [2.24, 2.45) is 0 Å². The Hall–Kier alpha value is -3.56. The smallest absolute Gasteiger partial charge is 0.260 e. The predicted molar refractivity (Wildman–Crippen MR) is 130 cm³/mol. The number of nitrogen functional groups attached to an aromatic ring is 1. The van der Waals surface area contributed by atoms with Crippen molar-refractivity contribution in [1.82, 2.24) is 9.97 Å². The van der Waals surface area contributed by atoms with Crippen molar-refractivity contribution in [3.63, 3.8) is 0 Å². The lowest BCUT2D eigenvalue weighted by atomic mass is 10.1. The number of pyridine rings is 2. The Kier molecular flexibility index (Phi) is 6.24. The van der Waals surface area contributed by atoms with Crippen LogP contribution in [0.3, 0.4) is 0 Å². The van der Waals surface area contributed by atoms with Crippen LogP contribution in [0.2, 0.25) is 5.02 Å². The summed E-state index contributed by atoms with van der Waals surface area (Å²) in [5, 5.41) is 1.08. The van der Waals surface area contributed by atoms with Gasteiger partial charge in [0.15, 0.2) is 9.84 Å². The van der Waals surface area contributed by atoms with Gasteiger partial charge in [0.25, 0.3) is 5.91 Å². The molecule has 0 unspecified atom stereocenters. The van der Waals surface area contributed by atoms with E-state index in [-0.39, 0.29) is 28.5 Å². The summed E-state index contributed by atoms with van der Waals surface area (Å²) in [6.07, 6.45) is 2.38. The number of carbonyl (C=O) groups excluding carboxylic acids is 1. The zero-order chi connectivity index (χ0) is 24.6. The van der Waals surface area contributed by atoms with Crippen molar-refractivity contribution < 1.29 is 17.6 Å². The Balaban J connectivity index is 1.85. The first-order valence-electron chi connectivity index (χ1n) is 10.1. The highest BCUT2D eigenvalue weighted by Gasteiger charge is 2.25. The molecule has 0 saturated heterocycles. The fraction of sp³-hybridized carbons (Fsp3) is 0.125. The molecule has 10 heteroatoms. The average Bonchev–Trinajstić information content (AvgIpc) is 2.78. The summed E-state index contributed by atoms with van der Waals surface area (Å²) >= 11 is 6.05. The molecule has 2 N–H and O–H groups in total. The van der Waals surface area contributed by atoms with Crippen LogP contribution >= 0.6 is 11.6 Å². The summed E-state index contributed by atoms with van der Waals surface area (Å²) in [4.78, 5) is 23.0. The lowest BCUT2D eigenvalue weighted by Gasteiger charge is -2.25. The topological polar surface area (TPSA) is 106 Å². The van der Waals surface area contributed by atoms with Crippen LogP contribution in [0.25, 0.3) is 10.9 Å². The first kappa shape index (κ1) is 23.6. The second-order valence-electron chi connectivity index (χ2n) is 7.85. The number of nitrogens with zero attached hydrogens (tertiary/aromatic N) is 3. The van der Waals surface area contributed by atoms with Gasteiger partial charge in [0, 0.05) is 23.5 Å². The molecule has 4 aromatic rings. The van der Waals surface area contributed by atoms with E-state index in [1.165, 1.54) is 17.2 Å². The third-order valence-electron chi connectivity index (χ3n) is 5.22. The number of hydrogen-bond donors (Lipinski definition) is 1. The number of aromatic nitrogens is 2. The zero-order valence-corrected chi connectivity index (χ0v) is 19.9. The van der Waals surface area contributed by atoms with Gasteiger partial charge in [-0.05, 0) is 55.0 Å². The fourth-order valence-electron chi connectivity index (χ4n) is 3.51. The summed E-state index contributed by atoms with van der Waals surface area (Å²) in [6.45, 7) is 1.77. The molecule has 0 atom stereocenters. The van der Waals surface area contributed by atoms with Gasteiger partial charge in [-0.15, -0.1) is 0 Å². The second kappa shape index (κ2) is 9.00. The molecule has 0 aliphatic rings. The minimum atomic E-state index is -3.85. The number of aryl methyl sites for hydroxylation is 1. The van der Waals surface area contributed by atoms with E-state index in [1.54, 1.807) is 43.3 Å². The summed E-state index contributed by atoms with van der Waals surface area (Å²) in [5.74, 6) is -1.05. The number of halogens is 2. The lowest BCUT2D eigenvalue weighted by molar-refractivity contribution is 0.0984. The molecule has 174 valence electrons. The van der Waals surface area contributed by atoms with Crippen LogP contribution in [0.4, 0.5) is 15.9 Å². The Morgan fingerprint density at radius 2 is 1.88 bits per heavy atom. The van der Waals surface area contributed by atoms with Gasteiger partial charge in [0.2, 0.25) is 0 Å². The number of rotatable bonds is 5. The van der Waals surface area contributed by atoms with Crippen LogP contribution in [0, 0.1) is 12.7 Å². The first-order chi connectivity index (χ1) is 16.0. The maximum Gasteiger partial charge on any atom is 0.260 e. The molecule has 0 aliphatic carbocycles. The van der Waals surface area contributed by atoms with E-state index in [4.69, 9.17) is 17.3 Å². The highest BCUT2D eigenvalue weighted by atomic mass is 35.5. The predicted octanol–water partition coefficient (Wildman–Crippen LogP) is 4.56. The van der Waals surface area contributed by atoms with Gasteiger partial charge in [-0.2, -0.15) is 0 Å². The molecular weight excluding hydrogens is 479 g/mol. The maximum absolute atomic E-state index is 14.0. The molecule has 7 nitrogen and oxygen atoms in total. The first-order valence-corrected chi connectivity index (χ1v) is 12.4. The summed E-state index contributed by atoms with van der Waals surface area (Å²) < 4.78 is 38.9. The quantitative estimate of drug-likeness (QED) is 0.432. The molecule has 2 aromatic heterocycles. The number of sulfone groups is 1. The standard InChI is InChI=1S/C24H20ClFN4O3S/c1-14-3-5-17(12-28-14)24(31)30(21-8-7-18(26)11-22(21)34(2,32)33)13-15-4-6-16-10-19(25)23(27)29-20(16)9-15/h3-12H,13H2,1-2H3,(H2,27,29). The summed E-state index contributed by atoms with van der Waals surface area (Å²) in [7, 11) is -3.85. The molecule has 0 spiro atoms. The largest absolute Gasteiger partial charge is 0.382 e. The van der Waals surface area contributed by atoms with Gasteiger partial charge in [-0.25, -0.2) is 17.8 Å². The maximum atomic E-state index is 14.0. The molecule has 34 heavy (non-hydrogen) atoms. The van der Waals surface area contributed by atoms with Crippen molar-refractivity contribution in [2.45, 2.75) is 18.4 Å². The molecule has 0 aliphatic heterocycles. The van der Waals surface area contributed by atoms with Crippen LogP contribution in [0.1, 0.15) is 21.6 Å². The van der Waals surface area contributed by atoms with Crippen LogP contribution < -0.4 is 10.6 Å². The molecule has 0 radical (unpaired) electrons. The van der Waals surface area contributed by atoms with Gasteiger partial charge < -0.3 is 10.6 Å². The number of hydrogen-bond acceptors (Lipinski definition) is 6. The zero-order valence-electron chi connectivity index (χ0n) is 18.3. The van der Waals surface area contributed by atoms with Gasteiger partial charge >= 0.3 is 0 Å². The highest BCUT2D eigenvalue weighted by Crippen LogP contribution is 2.30. The van der Waals surface area contributed by atoms with E-state index >= 15 is 0 Å². The van der Waals surface area contributed by atoms with E-state index in [2.05, 4.69) is 9.97 Å². The lowest BCUT2D eigenvalue weighted by Crippen LogP contribution is -2.32. The number of amides is 1. The molecule has 0 saturated carbocycles. The molecule has 1 amide bonds. The summed E-state index contributed by atoms with van der Waals surface area (Å²) in [5.41, 5.74) is 8.07.